The third-order valence-electron chi connectivity index (χ3n) is 1.65. The lowest BCUT2D eigenvalue weighted by atomic mass is 10.1. The fraction of sp³-hybridized carbons (Fsp3) is 0.250. The fourth-order valence-electron chi connectivity index (χ4n) is 1.08. The summed E-state index contributed by atoms with van der Waals surface area (Å²) in [7, 11) is -3.34. The number of rotatable bonds is 3. The molecular weight excluding hydrogens is 204 g/mol. The van der Waals surface area contributed by atoms with Crippen LogP contribution in [-0.4, -0.2) is 19.8 Å². The average Bonchev–Trinajstić information content (AvgIpc) is 2.01. The predicted molar refractivity (Wildman–Crippen MR) is 54.5 cm³/mol. The Kier molecular flexibility index (Phi) is 2.97. The zero-order chi connectivity index (χ0) is 10.8. The van der Waals surface area contributed by atoms with Gasteiger partial charge in [-0.1, -0.05) is 6.07 Å². The zero-order valence-electron chi connectivity index (χ0n) is 7.69. The van der Waals surface area contributed by atoms with Gasteiger partial charge in [0, 0.05) is 12.1 Å². The quantitative estimate of drug-likeness (QED) is 0.674. The van der Waals surface area contributed by atoms with E-state index in [4.69, 9.17) is 5.73 Å². The minimum absolute atomic E-state index is 0.0128. The lowest BCUT2D eigenvalue weighted by Gasteiger charge is -2.10. The van der Waals surface area contributed by atoms with Gasteiger partial charge in [0.05, 0.1) is 11.9 Å². The van der Waals surface area contributed by atoms with Gasteiger partial charge in [-0.05, 0) is 12.1 Å². The smallest absolute Gasteiger partial charge is 0.229 e. The number of hydrogen-bond donors (Lipinski definition) is 3. The Bertz CT molecular complexity index is 428. The van der Waals surface area contributed by atoms with E-state index in [9.17, 15) is 13.5 Å². The maximum absolute atomic E-state index is 10.9. The SMILES string of the molecule is CS(=O)(=O)Nc1cccc(O)c1CN. The Hall–Kier alpha value is -1.27. The Labute approximate surface area is 82.6 Å². The molecule has 14 heavy (non-hydrogen) atoms. The highest BCUT2D eigenvalue weighted by Gasteiger charge is 2.09. The molecule has 0 aliphatic carbocycles. The van der Waals surface area contributed by atoms with Crippen LogP contribution in [-0.2, 0) is 16.6 Å². The van der Waals surface area contributed by atoms with Crippen LogP contribution in [0.15, 0.2) is 18.2 Å². The molecule has 0 saturated heterocycles. The number of phenolic OH excluding ortho intramolecular Hbond substituents is 1. The van der Waals surface area contributed by atoms with E-state index in [-0.39, 0.29) is 12.3 Å². The number of nitrogens with one attached hydrogen (secondary N) is 1. The third-order valence-corrected chi connectivity index (χ3v) is 2.24. The van der Waals surface area contributed by atoms with E-state index in [0.717, 1.165) is 6.26 Å². The lowest BCUT2D eigenvalue weighted by molar-refractivity contribution is 0.469. The molecule has 0 fully saturated rings. The Morgan fingerprint density at radius 3 is 2.64 bits per heavy atom. The molecule has 0 saturated carbocycles. The van der Waals surface area contributed by atoms with Gasteiger partial charge in [0.25, 0.3) is 0 Å². The number of nitrogens with two attached hydrogens (primary N) is 1. The molecular formula is C8H12N2O3S. The molecule has 0 heterocycles. The number of sulfonamides is 1. The Morgan fingerprint density at radius 1 is 1.50 bits per heavy atom. The highest BCUT2D eigenvalue weighted by atomic mass is 32.2. The van der Waals surface area contributed by atoms with Crippen LogP contribution < -0.4 is 10.5 Å². The second-order valence-corrected chi connectivity index (χ2v) is 4.63. The van der Waals surface area contributed by atoms with Crippen LogP contribution in [0.1, 0.15) is 5.56 Å². The van der Waals surface area contributed by atoms with Crippen LogP contribution in [0, 0.1) is 0 Å². The van der Waals surface area contributed by atoms with Crippen molar-refractivity contribution in [2.45, 2.75) is 6.54 Å². The van der Waals surface area contributed by atoms with Gasteiger partial charge in [0.2, 0.25) is 10.0 Å². The molecule has 0 spiro atoms. The predicted octanol–water partition coefficient (Wildman–Crippen LogP) is 0.222. The summed E-state index contributed by atoms with van der Waals surface area (Å²) in [6.45, 7) is 0.0739. The van der Waals surface area contributed by atoms with Crippen LogP contribution in [0.25, 0.3) is 0 Å². The lowest BCUT2D eigenvalue weighted by Crippen LogP contribution is -2.12. The van der Waals surface area contributed by atoms with Gasteiger partial charge in [-0.3, -0.25) is 4.72 Å². The van der Waals surface area contributed by atoms with Gasteiger partial charge in [-0.15, -0.1) is 0 Å². The Morgan fingerprint density at radius 2 is 2.14 bits per heavy atom. The summed E-state index contributed by atoms with van der Waals surface area (Å²) in [5.74, 6) is -0.0128. The molecule has 0 atom stereocenters. The first kappa shape index (κ1) is 10.8. The van der Waals surface area contributed by atoms with Crippen LogP contribution in [0.5, 0.6) is 5.75 Å². The topological polar surface area (TPSA) is 92.4 Å². The number of anilines is 1. The van der Waals surface area contributed by atoms with Gasteiger partial charge >= 0.3 is 0 Å². The van der Waals surface area contributed by atoms with Crippen LogP contribution >= 0.6 is 0 Å². The van der Waals surface area contributed by atoms with Crippen molar-refractivity contribution in [3.63, 3.8) is 0 Å². The zero-order valence-corrected chi connectivity index (χ0v) is 8.50. The van der Waals surface area contributed by atoms with E-state index in [0.29, 0.717) is 11.3 Å². The van der Waals surface area contributed by atoms with Crippen molar-refractivity contribution in [1.29, 1.82) is 0 Å². The molecule has 1 aromatic rings. The summed E-state index contributed by atoms with van der Waals surface area (Å²) in [6.07, 6.45) is 1.04. The summed E-state index contributed by atoms with van der Waals surface area (Å²) in [6, 6.07) is 4.54. The molecule has 6 heteroatoms. The molecule has 4 N–H and O–H groups in total. The third kappa shape index (κ3) is 2.61. The van der Waals surface area contributed by atoms with Crippen molar-refractivity contribution in [1.82, 2.24) is 0 Å². The van der Waals surface area contributed by atoms with Crippen molar-refractivity contribution in [3.05, 3.63) is 23.8 Å². The van der Waals surface area contributed by atoms with E-state index in [1.165, 1.54) is 6.07 Å². The first-order chi connectivity index (χ1) is 6.44. The second kappa shape index (κ2) is 3.85. The van der Waals surface area contributed by atoms with Gasteiger partial charge in [0.1, 0.15) is 5.75 Å². The van der Waals surface area contributed by atoms with Crippen LogP contribution in [0.4, 0.5) is 5.69 Å². The van der Waals surface area contributed by atoms with Crippen LogP contribution in [0.2, 0.25) is 0 Å². The van der Waals surface area contributed by atoms with Gasteiger partial charge in [-0.2, -0.15) is 0 Å². The molecule has 1 rings (SSSR count). The molecule has 0 aromatic heterocycles. The maximum Gasteiger partial charge on any atom is 0.229 e. The minimum atomic E-state index is -3.34. The molecule has 0 aliphatic rings. The fourth-order valence-corrected chi connectivity index (χ4v) is 1.68. The summed E-state index contributed by atoms with van der Waals surface area (Å²) in [4.78, 5) is 0. The number of hydrogen-bond acceptors (Lipinski definition) is 4. The van der Waals surface area contributed by atoms with Crippen molar-refractivity contribution in [2.24, 2.45) is 5.73 Å². The second-order valence-electron chi connectivity index (χ2n) is 2.88. The summed E-state index contributed by atoms with van der Waals surface area (Å²) >= 11 is 0. The molecule has 5 nitrogen and oxygen atoms in total. The molecule has 1 aromatic carbocycles. The molecule has 78 valence electrons. The van der Waals surface area contributed by atoms with Gasteiger partial charge in [-0.25, -0.2) is 8.42 Å². The van der Waals surface area contributed by atoms with E-state index in [2.05, 4.69) is 4.72 Å². The highest BCUT2D eigenvalue weighted by Crippen LogP contribution is 2.25. The van der Waals surface area contributed by atoms with E-state index in [1.807, 2.05) is 0 Å². The van der Waals surface area contributed by atoms with E-state index < -0.39 is 10.0 Å². The van der Waals surface area contributed by atoms with Crippen molar-refractivity contribution in [3.8, 4) is 5.75 Å². The first-order valence-electron chi connectivity index (χ1n) is 3.93. The standard InChI is InChI=1S/C8H12N2O3S/c1-14(12,13)10-7-3-2-4-8(11)6(7)5-9/h2-4,10-11H,5,9H2,1H3. The van der Waals surface area contributed by atoms with Crippen molar-refractivity contribution < 1.29 is 13.5 Å². The molecule has 0 amide bonds. The van der Waals surface area contributed by atoms with Crippen molar-refractivity contribution >= 4 is 15.7 Å². The van der Waals surface area contributed by atoms with E-state index in [1.54, 1.807) is 12.1 Å². The summed E-state index contributed by atoms with van der Waals surface area (Å²) in [5.41, 5.74) is 6.08. The highest BCUT2D eigenvalue weighted by molar-refractivity contribution is 7.92. The monoisotopic (exact) mass is 216 g/mol. The minimum Gasteiger partial charge on any atom is -0.508 e. The molecule has 0 bridgehead atoms. The maximum atomic E-state index is 10.9. The average molecular weight is 216 g/mol. The molecule has 0 radical (unpaired) electrons. The number of benzene rings is 1. The number of phenols is 1. The summed E-state index contributed by atoms with van der Waals surface area (Å²) in [5, 5.41) is 9.37. The Balaban J connectivity index is 3.15. The largest absolute Gasteiger partial charge is 0.508 e. The molecule has 0 unspecified atom stereocenters. The van der Waals surface area contributed by atoms with Gasteiger partial charge in [0.15, 0.2) is 0 Å². The summed E-state index contributed by atoms with van der Waals surface area (Å²) < 4.78 is 24.2. The van der Waals surface area contributed by atoms with E-state index >= 15 is 0 Å². The first-order valence-corrected chi connectivity index (χ1v) is 5.82. The number of aromatic hydroxyl groups is 1. The normalized spacial score (nSPS) is 11.3. The molecule has 0 aliphatic heterocycles. The van der Waals surface area contributed by atoms with Crippen molar-refractivity contribution in [2.75, 3.05) is 11.0 Å². The van der Waals surface area contributed by atoms with Crippen LogP contribution in [0.3, 0.4) is 0 Å². The van der Waals surface area contributed by atoms with Gasteiger partial charge < -0.3 is 10.8 Å².